The number of carbonyl (C=O) groups excluding carboxylic acids is 1. The van der Waals surface area contributed by atoms with Gasteiger partial charge in [0.15, 0.2) is 11.5 Å². The zero-order chi connectivity index (χ0) is 20.0. The number of hydrogen-bond donors (Lipinski definition) is 1. The Morgan fingerprint density at radius 3 is 2.90 bits per heavy atom. The molecule has 3 heterocycles. The van der Waals surface area contributed by atoms with Gasteiger partial charge in [0, 0.05) is 22.2 Å². The number of amides is 1. The van der Waals surface area contributed by atoms with Crippen LogP contribution in [0.15, 0.2) is 48.5 Å². The Hall–Kier alpha value is -3.03. The predicted molar refractivity (Wildman–Crippen MR) is 113 cm³/mol. The Labute approximate surface area is 175 Å². The number of halogens is 1. The summed E-state index contributed by atoms with van der Waals surface area (Å²) in [6, 6.07) is 14.9. The second kappa shape index (κ2) is 7.09. The van der Waals surface area contributed by atoms with E-state index in [-0.39, 0.29) is 12.7 Å². The molecule has 0 atom stereocenters. The van der Waals surface area contributed by atoms with Gasteiger partial charge in [-0.25, -0.2) is 0 Å². The number of rotatable bonds is 4. The number of fused-ring (bicyclic) bond motifs is 2. The summed E-state index contributed by atoms with van der Waals surface area (Å²) in [5, 5.41) is 9.21. The highest BCUT2D eigenvalue weighted by Gasteiger charge is 2.19. The number of ether oxygens (including phenoxy) is 2. The summed E-state index contributed by atoms with van der Waals surface area (Å²) in [5.74, 6) is 1.14. The molecule has 6 nitrogen and oxygen atoms in total. The quantitative estimate of drug-likeness (QED) is 0.494. The molecule has 0 aliphatic carbocycles. The molecule has 8 heteroatoms. The smallest absolute Gasteiger partial charge is 0.265 e. The van der Waals surface area contributed by atoms with E-state index in [1.54, 1.807) is 18.2 Å². The van der Waals surface area contributed by atoms with Crippen molar-refractivity contribution < 1.29 is 14.3 Å². The molecule has 146 valence electrons. The maximum atomic E-state index is 12.8. The third-order valence-corrected chi connectivity index (χ3v) is 6.26. The van der Waals surface area contributed by atoms with Crippen LogP contribution < -0.4 is 14.8 Å². The third-order valence-electron chi connectivity index (χ3n) is 4.74. The lowest BCUT2D eigenvalue weighted by atomic mass is 10.2. The van der Waals surface area contributed by atoms with Crippen LogP contribution in [0.2, 0.25) is 5.02 Å². The van der Waals surface area contributed by atoms with E-state index in [2.05, 4.69) is 10.4 Å². The molecule has 4 aromatic rings. The first-order valence-corrected chi connectivity index (χ1v) is 10.2. The van der Waals surface area contributed by atoms with Gasteiger partial charge in [0.2, 0.25) is 6.79 Å². The predicted octanol–water partition coefficient (Wildman–Crippen LogP) is 5.09. The monoisotopic (exact) mass is 425 g/mol. The minimum atomic E-state index is -0.172. The molecule has 1 N–H and O–H groups in total. The van der Waals surface area contributed by atoms with Crippen LogP contribution in [-0.2, 0) is 6.54 Å². The van der Waals surface area contributed by atoms with E-state index in [4.69, 9.17) is 21.1 Å². The maximum Gasteiger partial charge on any atom is 0.265 e. The molecule has 0 spiro atoms. The van der Waals surface area contributed by atoms with Crippen LogP contribution in [0, 0.1) is 6.92 Å². The summed E-state index contributed by atoms with van der Waals surface area (Å²) in [4.78, 5) is 14.4. The van der Waals surface area contributed by atoms with Crippen molar-refractivity contribution >= 4 is 44.7 Å². The lowest BCUT2D eigenvalue weighted by Crippen LogP contribution is -2.10. The summed E-state index contributed by atoms with van der Waals surface area (Å²) in [7, 11) is 0. The van der Waals surface area contributed by atoms with Gasteiger partial charge in [0.1, 0.15) is 4.83 Å². The fourth-order valence-corrected chi connectivity index (χ4v) is 4.54. The van der Waals surface area contributed by atoms with E-state index in [0.717, 1.165) is 21.5 Å². The fourth-order valence-electron chi connectivity index (χ4n) is 3.29. The number of benzene rings is 2. The molecular formula is C21H16ClN3O3S. The summed E-state index contributed by atoms with van der Waals surface area (Å²) < 4.78 is 12.6. The first-order valence-electron chi connectivity index (χ1n) is 9.00. The van der Waals surface area contributed by atoms with Gasteiger partial charge in [-0.1, -0.05) is 29.8 Å². The molecule has 0 saturated heterocycles. The van der Waals surface area contributed by atoms with Gasteiger partial charge in [-0.05, 0) is 36.8 Å². The topological polar surface area (TPSA) is 65.4 Å². The Balaban J connectivity index is 1.42. The molecule has 1 aliphatic rings. The van der Waals surface area contributed by atoms with Crippen molar-refractivity contribution in [3.63, 3.8) is 0 Å². The number of anilines is 1. The zero-order valence-corrected chi connectivity index (χ0v) is 17.0. The van der Waals surface area contributed by atoms with Crippen LogP contribution in [0.25, 0.3) is 10.2 Å². The van der Waals surface area contributed by atoms with Gasteiger partial charge in [0.25, 0.3) is 5.91 Å². The summed E-state index contributed by atoms with van der Waals surface area (Å²) >= 11 is 7.71. The molecule has 2 aromatic carbocycles. The van der Waals surface area contributed by atoms with Crippen LogP contribution in [0.5, 0.6) is 11.5 Å². The second-order valence-corrected chi connectivity index (χ2v) is 8.12. The first-order chi connectivity index (χ1) is 14.1. The number of hydrogen-bond acceptors (Lipinski definition) is 5. The highest BCUT2D eigenvalue weighted by atomic mass is 35.5. The van der Waals surface area contributed by atoms with Crippen LogP contribution in [0.3, 0.4) is 0 Å². The molecule has 1 aliphatic heterocycles. The van der Waals surface area contributed by atoms with Gasteiger partial charge in [-0.3, -0.25) is 9.48 Å². The molecule has 0 saturated carbocycles. The van der Waals surface area contributed by atoms with Gasteiger partial charge >= 0.3 is 0 Å². The highest BCUT2D eigenvalue weighted by Crippen LogP contribution is 2.35. The van der Waals surface area contributed by atoms with Crippen LogP contribution >= 0.6 is 22.9 Å². The highest BCUT2D eigenvalue weighted by molar-refractivity contribution is 7.20. The molecule has 1 amide bonds. The van der Waals surface area contributed by atoms with Crippen molar-refractivity contribution in [1.82, 2.24) is 9.78 Å². The van der Waals surface area contributed by atoms with Gasteiger partial charge in [-0.2, -0.15) is 5.10 Å². The van der Waals surface area contributed by atoms with E-state index in [0.29, 0.717) is 33.6 Å². The number of nitrogens with zero attached hydrogens (tertiary/aromatic N) is 2. The van der Waals surface area contributed by atoms with Crippen molar-refractivity contribution in [3.8, 4) is 11.5 Å². The van der Waals surface area contributed by atoms with Gasteiger partial charge in [-0.15, -0.1) is 11.3 Å². The van der Waals surface area contributed by atoms with Crippen molar-refractivity contribution in [2.45, 2.75) is 13.5 Å². The largest absolute Gasteiger partial charge is 0.454 e. The first kappa shape index (κ1) is 18.0. The van der Waals surface area contributed by atoms with Crippen LogP contribution in [0.4, 0.5) is 5.69 Å². The summed E-state index contributed by atoms with van der Waals surface area (Å²) in [6.45, 7) is 2.69. The van der Waals surface area contributed by atoms with Gasteiger partial charge in [0.05, 0.1) is 17.1 Å². The molecule has 2 aromatic heterocycles. The Kier molecular flexibility index (Phi) is 4.41. The third kappa shape index (κ3) is 3.32. The van der Waals surface area contributed by atoms with E-state index in [1.165, 1.54) is 11.3 Å². The lowest BCUT2D eigenvalue weighted by Gasteiger charge is -2.06. The van der Waals surface area contributed by atoms with Crippen LogP contribution in [0.1, 0.15) is 20.9 Å². The average molecular weight is 426 g/mol. The standard InChI is InChI=1S/C21H16ClN3O3S/c1-12-15-9-19(20(26)23-14-6-7-17-18(8-14)28-11-27-17)29-21(15)25(24-12)10-13-4-2-3-5-16(13)22/h2-9H,10-11H2,1H3,(H,23,26). The number of carbonyl (C=O) groups is 1. The Morgan fingerprint density at radius 1 is 1.21 bits per heavy atom. The normalized spacial score (nSPS) is 12.5. The molecule has 0 radical (unpaired) electrons. The van der Waals surface area contributed by atoms with Crippen molar-refractivity contribution in [3.05, 3.63) is 69.7 Å². The zero-order valence-electron chi connectivity index (χ0n) is 15.4. The van der Waals surface area contributed by atoms with E-state index >= 15 is 0 Å². The van der Waals surface area contributed by atoms with E-state index in [9.17, 15) is 4.79 Å². The number of nitrogens with one attached hydrogen (secondary N) is 1. The molecule has 5 rings (SSSR count). The Morgan fingerprint density at radius 2 is 2.03 bits per heavy atom. The maximum absolute atomic E-state index is 12.8. The van der Waals surface area contributed by atoms with E-state index in [1.807, 2.05) is 41.9 Å². The fraction of sp³-hybridized carbons (Fsp3) is 0.143. The molecule has 0 bridgehead atoms. The Bertz CT molecular complexity index is 1250. The minimum absolute atomic E-state index is 0.172. The number of thiophene rings is 1. The average Bonchev–Trinajstić information content (AvgIpc) is 3.41. The van der Waals surface area contributed by atoms with E-state index < -0.39 is 0 Å². The molecular weight excluding hydrogens is 410 g/mol. The second-order valence-electron chi connectivity index (χ2n) is 6.69. The van der Waals surface area contributed by atoms with Crippen molar-refractivity contribution in [1.29, 1.82) is 0 Å². The van der Waals surface area contributed by atoms with Crippen molar-refractivity contribution in [2.75, 3.05) is 12.1 Å². The number of aromatic nitrogens is 2. The minimum Gasteiger partial charge on any atom is -0.454 e. The summed E-state index contributed by atoms with van der Waals surface area (Å²) in [5.41, 5.74) is 2.52. The van der Waals surface area contributed by atoms with Crippen molar-refractivity contribution in [2.24, 2.45) is 0 Å². The molecule has 29 heavy (non-hydrogen) atoms. The van der Waals surface area contributed by atoms with Crippen LogP contribution in [-0.4, -0.2) is 22.5 Å². The van der Waals surface area contributed by atoms with Gasteiger partial charge < -0.3 is 14.8 Å². The molecule has 0 unspecified atom stereocenters. The SMILES string of the molecule is Cc1nn(Cc2ccccc2Cl)c2sc(C(=O)Nc3ccc4c(c3)OCO4)cc12. The number of aryl methyl sites for hydroxylation is 1. The molecule has 0 fully saturated rings. The lowest BCUT2D eigenvalue weighted by molar-refractivity contribution is 0.103. The summed E-state index contributed by atoms with van der Waals surface area (Å²) in [6.07, 6.45) is 0.